The van der Waals surface area contributed by atoms with Crippen molar-refractivity contribution in [1.29, 1.82) is 0 Å². The van der Waals surface area contributed by atoms with Gasteiger partial charge >= 0.3 is 0 Å². The molecule has 2 rings (SSSR count). The van der Waals surface area contributed by atoms with Gasteiger partial charge in [-0.1, -0.05) is 29.3 Å². The molecule has 3 nitrogen and oxygen atoms in total. The minimum absolute atomic E-state index is 0.313. The number of benzene rings is 1. The van der Waals surface area contributed by atoms with Crippen LogP contribution in [-0.4, -0.2) is 11.3 Å². The van der Waals surface area contributed by atoms with E-state index in [0.717, 1.165) is 5.56 Å². The maximum absolute atomic E-state index is 10.6. The SMILES string of the molecule is O=Cc1cc(Cl)c(OCc2cccnc2)c(Cl)c1. The van der Waals surface area contributed by atoms with Crippen LogP contribution < -0.4 is 4.74 Å². The van der Waals surface area contributed by atoms with Crippen LogP contribution >= 0.6 is 23.2 Å². The van der Waals surface area contributed by atoms with Crippen molar-refractivity contribution in [3.8, 4) is 5.75 Å². The maximum atomic E-state index is 10.6. The number of aromatic nitrogens is 1. The Labute approximate surface area is 114 Å². The van der Waals surface area contributed by atoms with Crippen molar-refractivity contribution in [3.63, 3.8) is 0 Å². The van der Waals surface area contributed by atoms with Crippen LogP contribution in [0, 0.1) is 0 Å². The van der Waals surface area contributed by atoms with Gasteiger partial charge in [-0.3, -0.25) is 9.78 Å². The Morgan fingerprint density at radius 3 is 2.56 bits per heavy atom. The van der Waals surface area contributed by atoms with Crippen LogP contribution in [0.1, 0.15) is 15.9 Å². The fraction of sp³-hybridized carbons (Fsp3) is 0.0769. The van der Waals surface area contributed by atoms with Crippen molar-refractivity contribution in [2.75, 3.05) is 0 Å². The summed E-state index contributed by atoms with van der Waals surface area (Å²) >= 11 is 12.0. The highest BCUT2D eigenvalue weighted by atomic mass is 35.5. The molecule has 0 spiro atoms. The van der Waals surface area contributed by atoms with Crippen LogP contribution in [0.3, 0.4) is 0 Å². The van der Waals surface area contributed by atoms with E-state index in [-0.39, 0.29) is 0 Å². The lowest BCUT2D eigenvalue weighted by atomic mass is 10.2. The van der Waals surface area contributed by atoms with E-state index in [1.165, 1.54) is 12.1 Å². The minimum Gasteiger partial charge on any atom is -0.486 e. The van der Waals surface area contributed by atoms with Crippen LogP contribution in [0.2, 0.25) is 10.0 Å². The van der Waals surface area contributed by atoms with Crippen LogP contribution in [0.15, 0.2) is 36.7 Å². The Balaban J connectivity index is 2.17. The number of ether oxygens (including phenoxy) is 1. The predicted molar refractivity (Wildman–Crippen MR) is 70.4 cm³/mol. The van der Waals surface area contributed by atoms with Crippen molar-refractivity contribution in [3.05, 3.63) is 57.8 Å². The Morgan fingerprint density at radius 1 is 1.28 bits per heavy atom. The Morgan fingerprint density at radius 2 is 2.00 bits per heavy atom. The van der Waals surface area contributed by atoms with Crippen molar-refractivity contribution in [1.82, 2.24) is 4.98 Å². The monoisotopic (exact) mass is 281 g/mol. The summed E-state index contributed by atoms with van der Waals surface area (Å²) in [5, 5.41) is 0.627. The van der Waals surface area contributed by atoms with Gasteiger partial charge in [0.25, 0.3) is 0 Å². The third-order valence-electron chi connectivity index (χ3n) is 2.26. The highest BCUT2D eigenvalue weighted by Crippen LogP contribution is 2.34. The Hall–Kier alpha value is -1.58. The third-order valence-corrected chi connectivity index (χ3v) is 2.82. The standard InChI is InChI=1S/C13H9Cl2NO2/c14-11-4-10(7-17)5-12(15)13(11)18-8-9-2-1-3-16-6-9/h1-7H,8H2. The van der Waals surface area contributed by atoms with Crippen LogP contribution in [0.4, 0.5) is 0 Å². The minimum atomic E-state index is 0.313. The van der Waals surface area contributed by atoms with Gasteiger partial charge in [0.1, 0.15) is 12.9 Å². The Bertz CT molecular complexity index is 535. The fourth-order valence-electron chi connectivity index (χ4n) is 1.42. The van der Waals surface area contributed by atoms with Gasteiger partial charge in [-0.25, -0.2) is 0 Å². The number of pyridine rings is 1. The lowest BCUT2D eigenvalue weighted by Gasteiger charge is -2.10. The van der Waals surface area contributed by atoms with Crippen molar-refractivity contribution < 1.29 is 9.53 Å². The molecule has 0 N–H and O–H groups in total. The van der Waals surface area contributed by atoms with Crippen LogP contribution in [0.25, 0.3) is 0 Å². The largest absolute Gasteiger partial charge is 0.486 e. The quantitative estimate of drug-likeness (QED) is 0.801. The zero-order valence-corrected chi connectivity index (χ0v) is 10.8. The van der Waals surface area contributed by atoms with E-state index in [0.29, 0.717) is 34.3 Å². The molecule has 0 aliphatic carbocycles. The lowest BCUT2D eigenvalue weighted by molar-refractivity contribution is 0.112. The second kappa shape index (κ2) is 5.85. The van der Waals surface area contributed by atoms with Gasteiger partial charge in [0, 0.05) is 23.5 Å². The molecular formula is C13H9Cl2NO2. The molecule has 92 valence electrons. The summed E-state index contributed by atoms with van der Waals surface area (Å²) in [4.78, 5) is 14.6. The molecule has 18 heavy (non-hydrogen) atoms. The average Bonchev–Trinajstić information content (AvgIpc) is 2.38. The van der Waals surface area contributed by atoms with E-state index in [1.54, 1.807) is 12.4 Å². The molecule has 0 saturated heterocycles. The number of rotatable bonds is 4. The molecule has 2 aromatic rings. The van der Waals surface area contributed by atoms with E-state index >= 15 is 0 Å². The van der Waals surface area contributed by atoms with Crippen LogP contribution in [0.5, 0.6) is 5.75 Å². The molecule has 0 bridgehead atoms. The van der Waals surface area contributed by atoms with Crippen molar-refractivity contribution in [2.24, 2.45) is 0 Å². The van der Waals surface area contributed by atoms with Gasteiger partial charge in [-0.05, 0) is 18.2 Å². The average molecular weight is 282 g/mol. The first-order valence-electron chi connectivity index (χ1n) is 5.16. The lowest BCUT2D eigenvalue weighted by Crippen LogP contribution is -1.97. The van der Waals surface area contributed by atoms with Gasteiger partial charge < -0.3 is 4.74 Å². The second-order valence-electron chi connectivity index (χ2n) is 3.58. The zero-order chi connectivity index (χ0) is 13.0. The molecule has 1 heterocycles. The molecule has 0 atom stereocenters. The number of carbonyl (C=O) groups is 1. The van der Waals surface area contributed by atoms with Gasteiger partial charge in [-0.15, -0.1) is 0 Å². The van der Waals surface area contributed by atoms with E-state index in [4.69, 9.17) is 27.9 Å². The molecule has 0 saturated carbocycles. The number of aldehydes is 1. The number of halogens is 2. The first-order chi connectivity index (χ1) is 8.70. The second-order valence-corrected chi connectivity index (χ2v) is 4.40. The van der Waals surface area contributed by atoms with Gasteiger partial charge in [-0.2, -0.15) is 0 Å². The number of hydrogen-bond donors (Lipinski definition) is 0. The van der Waals surface area contributed by atoms with Crippen LogP contribution in [-0.2, 0) is 6.61 Å². The normalized spacial score (nSPS) is 10.1. The number of nitrogens with zero attached hydrogens (tertiary/aromatic N) is 1. The molecule has 0 aliphatic rings. The summed E-state index contributed by atoms with van der Waals surface area (Å²) in [6.45, 7) is 0.313. The first-order valence-corrected chi connectivity index (χ1v) is 5.92. The highest BCUT2D eigenvalue weighted by Gasteiger charge is 2.09. The van der Waals surface area contributed by atoms with E-state index < -0.39 is 0 Å². The number of carbonyl (C=O) groups excluding carboxylic acids is 1. The zero-order valence-electron chi connectivity index (χ0n) is 9.27. The molecule has 0 fully saturated rings. The first kappa shape index (κ1) is 12.9. The molecule has 0 unspecified atom stereocenters. The summed E-state index contributed by atoms with van der Waals surface area (Å²) < 4.78 is 5.53. The maximum Gasteiger partial charge on any atom is 0.157 e. The topological polar surface area (TPSA) is 39.2 Å². The van der Waals surface area contributed by atoms with Gasteiger partial charge in [0.2, 0.25) is 0 Å². The predicted octanol–water partition coefficient (Wildman–Crippen LogP) is 3.78. The summed E-state index contributed by atoms with van der Waals surface area (Å²) in [7, 11) is 0. The molecule has 1 aromatic heterocycles. The van der Waals surface area contributed by atoms with Crippen molar-refractivity contribution in [2.45, 2.75) is 6.61 Å². The fourth-order valence-corrected chi connectivity index (χ4v) is 2.04. The molecule has 0 radical (unpaired) electrons. The molecule has 0 amide bonds. The van der Waals surface area contributed by atoms with E-state index in [2.05, 4.69) is 4.98 Å². The third kappa shape index (κ3) is 3.00. The number of hydrogen-bond acceptors (Lipinski definition) is 3. The van der Waals surface area contributed by atoms with Gasteiger partial charge in [0.15, 0.2) is 5.75 Å². The molecular weight excluding hydrogens is 273 g/mol. The van der Waals surface area contributed by atoms with Crippen molar-refractivity contribution >= 4 is 29.5 Å². The van der Waals surface area contributed by atoms with E-state index in [9.17, 15) is 4.79 Å². The molecule has 0 aliphatic heterocycles. The summed E-state index contributed by atoms with van der Waals surface area (Å²) in [5.41, 5.74) is 1.32. The van der Waals surface area contributed by atoms with Gasteiger partial charge in [0.05, 0.1) is 10.0 Å². The Kier molecular flexibility index (Phi) is 4.18. The molecule has 1 aromatic carbocycles. The summed E-state index contributed by atoms with van der Waals surface area (Å²) in [6.07, 6.45) is 4.06. The molecule has 5 heteroatoms. The van der Waals surface area contributed by atoms with E-state index in [1.807, 2.05) is 12.1 Å². The highest BCUT2D eigenvalue weighted by molar-refractivity contribution is 6.37. The smallest absolute Gasteiger partial charge is 0.157 e. The summed E-state index contributed by atoms with van der Waals surface area (Å²) in [5.74, 6) is 0.368. The summed E-state index contributed by atoms with van der Waals surface area (Å²) in [6, 6.07) is 6.73.